The molecule has 1 aliphatic heterocycles. The number of likely N-dealkylation sites (tertiary alicyclic amines) is 1. The number of benzene rings is 1. The Morgan fingerprint density at radius 1 is 1.12 bits per heavy atom. The van der Waals surface area contributed by atoms with Gasteiger partial charge < -0.3 is 20.3 Å². The predicted octanol–water partition coefficient (Wildman–Crippen LogP) is 1.46. The van der Waals surface area contributed by atoms with Gasteiger partial charge in [0.05, 0.1) is 7.11 Å². The number of hydrogen-bond acceptors (Lipinski definition) is 4. The van der Waals surface area contributed by atoms with Crippen molar-refractivity contribution in [1.29, 1.82) is 0 Å². The Kier molecular flexibility index (Phi) is 6.80. The van der Waals surface area contributed by atoms with E-state index in [1.54, 1.807) is 25.3 Å². The average Bonchev–Trinajstić information content (AvgIpc) is 2.63. The number of carbonyl (C=O) groups excluding carboxylic acids is 3. The lowest BCUT2D eigenvalue weighted by atomic mass is 10.1. The van der Waals surface area contributed by atoms with Crippen molar-refractivity contribution >= 4 is 23.4 Å². The van der Waals surface area contributed by atoms with E-state index in [0.717, 1.165) is 37.9 Å². The minimum Gasteiger partial charge on any atom is -0.497 e. The van der Waals surface area contributed by atoms with Gasteiger partial charge in [-0.05, 0) is 49.9 Å². The summed E-state index contributed by atoms with van der Waals surface area (Å²) in [5.74, 6) is -0.803. The molecule has 1 fully saturated rings. The molecule has 1 saturated heterocycles. The van der Waals surface area contributed by atoms with Gasteiger partial charge in [-0.2, -0.15) is 0 Å². The van der Waals surface area contributed by atoms with Gasteiger partial charge in [0.25, 0.3) is 0 Å². The zero-order chi connectivity index (χ0) is 18.2. The minimum absolute atomic E-state index is 0.0198. The molecule has 1 aliphatic rings. The molecule has 0 aromatic heterocycles. The van der Waals surface area contributed by atoms with Crippen LogP contribution >= 0.6 is 0 Å². The number of hydrogen-bond donors (Lipinski definition) is 2. The van der Waals surface area contributed by atoms with E-state index in [1.165, 1.54) is 0 Å². The number of rotatable bonds is 5. The topological polar surface area (TPSA) is 87.7 Å². The van der Waals surface area contributed by atoms with Crippen molar-refractivity contribution in [3.8, 4) is 5.75 Å². The molecule has 136 valence electrons. The van der Waals surface area contributed by atoms with Crippen LogP contribution in [0.25, 0.3) is 0 Å². The van der Waals surface area contributed by atoms with E-state index in [9.17, 15) is 14.4 Å². The number of methoxy groups -OCH3 is 1. The van der Waals surface area contributed by atoms with Gasteiger partial charge in [0.1, 0.15) is 5.75 Å². The molecule has 1 aromatic carbocycles. The smallest absolute Gasteiger partial charge is 0.313 e. The molecular weight excluding hydrogens is 322 g/mol. The van der Waals surface area contributed by atoms with Crippen LogP contribution in [0.5, 0.6) is 5.75 Å². The van der Waals surface area contributed by atoms with E-state index in [0.29, 0.717) is 11.4 Å². The molecule has 0 spiro atoms. The SMILES string of the molecule is COc1ccc(NC(=O)C(=O)NCCC(=O)N2CCCCC2)c(C)c1. The van der Waals surface area contributed by atoms with Crippen LogP contribution in [0.1, 0.15) is 31.2 Å². The average molecular weight is 347 g/mol. The quantitative estimate of drug-likeness (QED) is 0.790. The zero-order valence-corrected chi connectivity index (χ0v) is 14.8. The highest BCUT2D eigenvalue weighted by Gasteiger charge is 2.18. The van der Waals surface area contributed by atoms with Gasteiger partial charge in [-0.3, -0.25) is 14.4 Å². The Hall–Kier alpha value is -2.57. The lowest BCUT2D eigenvalue weighted by Crippen LogP contribution is -2.40. The van der Waals surface area contributed by atoms with Crippen LogP contribution in [0, 0.1) is 6.92 Å². The summed E-state index contributed by atoms with van der Waals surface area (Å²) >= 11 is 0. The molecule has 1 aromatic rings. The first-order chi connectivity index (χ1) is 12.0. The zero-order valence-electron chi connectivity index (χ0n) is 14.8. The van der Waals surface area contributed by atoms with Crippen molar-refractivity contribution in [3.63, 3.8) is 0 Å². The Balaban J connectivity index is 1.76. The van der Waals surface area contributed by atoms with Gasteiger partial charge in [0.15, 0.2) is 0 Å². The molecule has 7 heteroatoms. The third-order valence-corrected chi connectivity index (χ3v) is 4.22. The van der Waals surface area contributed by atoms with Crippen LogP contribution in [0.3, 0.4) is 0 Å². The fourth-order valence-electron chi connectivity index (χ4n) is 2.75. The van der Waals surface area contributed by atoms with Crippen LogP contribution in [0.15, 0.2) is 18.2 Å². The third kappa shape index (κ3) is 5.48. The maximum atomic E-state index is 12.0. The summed E-state index contributed by atoms with van der Waals surface area (Å²) in [6.45, 7) is 3.53. The van der Waals surface area contributed by atoms with E-state index in [-0.39, 0.29) is 18.9 Å². The van der Waals surface area contributed by atoms with Crippen molar-refractivity contribution in [3.05, 3.63) is 23.8 Å². The molecule has 2 rings (SSSR count). The molecule has 1 heterocycles. The Morgan fingerprint density at radius 3 is 2.48 bits per heavy atom. The highest BCUT2D eigenvalue weighted by atomic mass is 16.5. The number of ether oxygens (including phenoxy) is 1. The third-order valence-electron chi connectivity index (χ3n) is 4.22. The fraction of sp³-hybridized carbons (Fsp3) is 0.500. The standard InChI is InChI=1S/C18H25N3O4/c1-13-12-14(25-2)6-7-15(13)20-18(24)17(23)19-9-8-16(22)21-10-4-3-5-11-21/h6-7,12H,3-5,8-11H2,1-2H3,(H,19,23)(H,20,24). The van der Waals surface area contributed by atoms with Crippen molar-refractivity contribution in [2.45, 2.75) is 32.6 Å². The number of nitrogens with one attached hydrogen (secondary N) is 2. The summed E-state index contributed by atoms with van der Waals surface area (Å²) < 4.78 is 5.10. The van der Waals surface area contributed by atoms with Crippen LogP contribution in [0.4, 0.5) is 5.69 Å². The van der Waals surface area contributed by atoms with Crippen molar-refractivity contribution in [2.75, 3.05) is 32.1 Å². The van der Waals surface area contributed by atoms with Gasteiger partial charge in [-0.25, -0.2) is 0 Å². The van der Waals surface area contributed by atoms with Gasteiger partial charge in [0.2, 0.25) is 5.91 Å². The number of piperidine rings is 1. The molecule has 0 atom stereocenters. The molecule has 0 radical (unpaired) electrons. The molecule has 0 aliphatic carbocycles. The lowest BCUT2D eigenvalue weighted by Gasteiger charge is -2.26. The summed E-state index contributed by atoms with van der Waals surface area (Å²) in [6, 6.07) is 5.15. The van der Waals surface area contributed by atoms with E-state index < -0.39 is 11.8 Å². The van der Waals surface area contributed by atoms with Gasteiger partial charge in [0, 0.05) is 31.7 Å². The van der Waals surface area contributed by atoms with E-state index in [2.05, 4.69) is 10.6 Å². The molecule has 25 heavy (non-hydrogen) atoms. The summed E-state index contributed by atoms with van der Waals surface area (Å²) in [6.07, 6.45) is 3.43. The maximum Gasteiger partial charge on any atom is 0.313 e. The maximum absolute atomic E-state index is 12.0. The van der Waals surface area contributed by atoms with Gasteiger partial charge in [-0.15, -0.1) is 0 Å². The van der Waals surface area contributed by atoms with Crippen LogP contribution in [-0.4, -0.2) is 49.4 Å². The summed E-state index contributed by atoms with van der Waals surface area (Å²) in [5.41, 5.74) is 1.34. The Labute approximate surface area is 147 Å². The van der Waals surface area contributed by atoms with Crippen LogP contribution < -0.4 is 15.4 Å². The number of aryl methyl sites for hydroxylation is 1. The molecule has 0 unspecified atom stereocenters. The van der Waals surface area contributed by atoms with Crippen molar-refractivity contribution in [2.24, 2.45) is 0 Å². The summed E-state index contributed by atoms with van der Waals surface area (Å²) in [5, 5.41) is 5.05. The minimum atomic E-state index is -0.751. The van der Waals surface area contributed by atoms with E-state index in [4.69, 9.17) is 4.74 Å². The van der Waals surface area contributed by atoms with Crippen molar-refractivity contribution < 1.29 is 19.1 Å². The largest absolute Gasteiger partial charge is 0.497 e. The lowest BCUT2D eigenvalue weighted by molar-refractivity contribution is -0.136. The van der Waals surface area contributed by atoms with E-state index >= 15 is 0 Å². The highest BCUT2D eigenvalue weighted by Crippen LogP contribution is 2.20. The molecule has 2 N–H and O–H groups in total. The monoisotopic (exact) mass is 347 g/mol. The van der Waals surface area contributed by atoms with Crippen molar-refractivity contribution in [1.82, 2.24) is 10.2 Å². The predicted molar refractivity (Wildman–Crippen MR) is 94.4 cm³/mol. The normalized spacial score (nSPS) is 13.9. The first kappa shape index (κ1) is 18.8. The Morgan fingerprint density at radius 2 is 1.84 bits per heavy atom. The second kappa shape index (κ2) is 9.05. The number of amides is 3. The molecule has 3 amide bonds. The first-order valence-electron chi connectivity index (χ1n) is 8.53. The molecule has 0 saturated carbocycles. The first-order valence-corrected chi connectivity index (χ1v) is 8.53. The Bertz CT molecular complexity index is 639. The van der Waals surface area contributed by atoms with Gasteiger partial charge in [-0.1, -0.05) is 0 Å². The van der Waals surface area contributed by atoms with Crippen LogP contribution in [0.2, 0.25) is 0 Å². The number of carbonyl (C=O) groups is 3. The number of anilines is 1. The molecular formula is C18H25N3O4. The second-order valence-electron chi connectivity index (χ2n) is 6.08. The highest BCUT2D eigenvalue weighted by molar-refractivity contribution is 6.39. The molecule has 0 bridgehead atoms. The molecule has 7 nitrogen and oxygen atoms in total. The summed E-state index contributed by atoms with van der Waals surface area (Å²) in [7, 11) is 1.56. The van der Waals surface area contributed by atoms with Gasteiger partial charge >= 0.3 is 11.8 Å². The number of nitrogens with zero attached hydrogens (tertiary/aromatic N) is 1. The fourth-order valence-corrected chi connectivity index (χ4v) is 2.75. The van der Waals surface area contributed by atoms with E-state index in [1.807, 2.05) is 11.8 Å². The second-order valence-corrected chi connectivity index (χ2v) is 6.08. The summed E-state index contributed by atoms with van der Waals surface area (Å²) in [4.78, 5) is 37.6. The van der Waals surface area contributed by atoms with Crippen LogP contribution in [-0.2, 0) is 14.4 Å².